The first-order chi connectivity index (χ1) is 16.3. The second-order valence-electron chi connectivity index (χ2n) is 9.15. The fourth-order valence-electron chi connectivity index (χ4n) is 4.38. The summed E-state index contributed by atoms with van der Waals surface area (Å²) in [5, 5.41) is 19.3. The molecule has 1 saturated heterocycles. The van der Waals surface area contributed by atoms with E-state index >= 15 is 0 Å². The van der Waals surface area contributed by atoms with Crippen molar-refractivity contribution in [1.29, 1.82) is 5.26 Å². The molecule has 0 aliphatic carbocycles. The van der Waals surface area contributed by atoms with E-state index in [0.717, 1.165) is 65.3 Å². The Bertz CT molecular complexity index is 1210. The quantitative estimate of drug-likeness (QED) is 0.594. The second kappa shape index (κ2) is 9.59. The standard InChI is InChI=1S/C30H31N3O/c1-5-29(27-10-7-24(20-31)8-11-27)33-21-28(9-6-22(33)2)26-14-12-25(13-15-26)23(3)32-18-16-30(4,34)17-19-32/h5-15,21,34H,2-3,16-19H2,1,4H3/b29-5-. The summed E-state index contributed by atoms with van der Waals surface area (Å²) in [6.45, 7) is 14.1. The molecule has 4 heteroatoms. The summed E-state index contributed by atoms with van der Waals surface area (Å²) >= 11 is 0. The van der Waals surface area contributed by atoms with Crippen LogP contribution in [0, 0.1) is 11.3 Å². The maximum Gasteiger partial charge on any atom is 0.0991 e. The number of hydrogen-bond donors (Lipinski definition) is 1. The lowest BCUT2D eigenvalue weighted by atomic mass is 9.93. The average Bonchev–Trinajstić information content (AvgIpc) is 2.86. The van der Waals surface area contributed by atoms with Gasteiger partial charge in [0, 0.05) is 36.4 Å². The largest absolute Gasteiger partial charge is 0.390 e. The van der Waals surface area contributed by atoms with Crippen molar-refractivity contribution < 1.29 is 5.11 Å². The molecule has 0 bridgehead atoms. The number of likely N-dealkylation sites (tertiary alicyclic amines) is 1. The van der Waals surface area contributed by atoms with Crippen LogP contribution < -0.4 is 0 Å². The summed E-state index contributed by atoms with van der Waals surface area (Å²) in [7, 11) is 0. The number of nitriles is 1. The molecule has 1 fully saturated rings. The summed E-state index contributed by atoms with van der Waals surface area (Å²) in [6.07, 6.45) is 9.79. The van der Waals surface area contributed by atoms with Gasteiger partial charge in [-0.2, -0.15) is 5.26 Å². The molecule has 2 aliphatic rings. The van der Waals surface area contributed by atoms with Crippen molar-refractivity contribution in [3.8, 4) is 6.07 Å². The van der Waals surface area contributed by atoms with Gasteiger partial charge in [0.05, 0.1) is 17.2 Å². The maximum absolute atomic E-state index is 10.2. The van der Waals surface area contributed by atoms with E-state index in [9.17, 15) is 5.11 Å². The van der Waals surface area contributed by atoms with Gasteiger partial charge in [-0.1, -0.05) is 61.7 Å². The molecular weight excluding hydrogens is 418 g/mol. The number of rotatable bonds is 5. The Morgan fingerprint density at radius 3 is 2.24 bits per heavy atom. The molecule has 2 heterocycles. The van der Waals surface area contributed by atoms with E-state index < -0.39 is 5.60 Å². The van der Waals surface area contributed by atoms with Crippen LogP contribution in [0.3, 0.4) is 0 Å². The van der Waals surface area contributed by atoms with Crippen molar-refractivity contribution in [2.45, 2.75) is 32.3 Å². The summed E-state index contributed by atoms with van der Waals surface area (Å²) in [5.74, 6) is 0. The fraction of sp³-hybridized carbons (Fsp3) is 0.233. The molecule has 4 nitrogen and oxygen atoms in total. The molecule has 0 amide bonds. The van der Waals surface area contributed by atoms with Gasteiger partial charge in [0.15, 0.2) is 0 Å². The van der Waals surface area contributed by atoms with Crippen LogP contribution in [0.25, 0.3) is 17.0 Å². The van der Waals surface area contributed by atoms with Crippen LogP contribution in [0.15, 0.2) is 91.8 Å². The highest BCUT2D eigenvalue weighted by atomic mass is 16.3. The monoisotopic (exact) mass is 449 g/mol. The number of piperidine rings is 1. The van der Waals surface area contributed by atoms with Crippen LogP contribution in [0.4, 0.5) is 0 Å². The summed E-state index contributed by atoms with van der Waals surface area (Å²) in [5.41, 5.74) is 7.30. The molecule has 2 aromatic carbocycles. The molecule has 0 saturated carbocycles. The predicted octanol–water partition coefficient (Wildman–Crippen LogP) is 6.16. The maximum atomic E-state index is 10.2. The summed E-state index contributed by atoms with van der Waals surface area (Å²) in [4.78, 5) is 4.34. The first-order valence-electron chi connectivity index (χ1n) is 11.6. The minimum Gasteiger partial charge on any atom is -0.390 e. The van der Waals surface area contributed by atoms with E-state index in [1.165, 1.54) is 0 Å². The molecule has 0 atom stereocenters. The molecule has 0 radical (unpaired) electrons. The van der Waals surface area contributed by atoms with Crippen molar-refractivity contribution in [1.82, 2.24) is 9.80 Å². The van der Waals surface area contributed by atoms with Crippen LogP contribution in [-0.2, 0) is 0 Å². The first-order valence-corrected chi connectivity index (χ1v) is 11.6. The topological polar surface area (TPSA) is 50.5 Å². The van der Waals surface area contributed by atoms with E-state index in [-0.39, 0.29) is 0 Å². The van der Waals surface area contributed by atoms with E-state index in [1.54, 1.807) is 0 Å². The third-order valence-corrected chi connectivity index (χ3v) is 6.65. The van der Waals surface area contributed by atoms with Crippen molar-refractivity contribution in [2.24, 2.45) is 0 Å². The third-order valence-electron chi connectivity index (χ3n) is 6.65. The molecule has 0 aromatic heterocycles. The molecule has 2 aromatic rings. The Morgan fingerprint density at radius 2 is 1.65 bits per heavy atom. The van der Waals surface area contributed by atoms with Crippen LogP contribution in [0.2, 0.25) is 0 Å². The average molecular weight is 450 g/mol. The zero-order valence-corrected chi connectivity index (χ0v) is 20.0. The first kappa shape index (κ1) is 23.4. The van der Waals surface area contributed by atoms with E-state index in [1.807, 2.05) is 44.2 Å². The van der Waals surface area contributed by atoms with Crippen molar-refractivity contribution in [3.05, 3.63) is 114 Å². The summed E-state index contributed by atoms with van der Waals surface area (Å²) < 4.78 is 0. The molecule has 1 N–H and O–H groups in total. The SMILES string of the molecule is C=C(c1ccc(C2=CN(/C(=C\C)c3ccc(C#N)cc3)C(=C)C=C2)cc1)N1CCC(C)(O)CC1. The van der Waals surface area contributed by atoms with Gasteiger partial charge in [0.25, 0.3) is 0 Å². The third kappa shape index (κ3) is 4.90. The van der Waals surface area contributed by atoms with Gasteiger partial charge < -0.3 is 14.9 Å². The lowest BCUT2D eigenvalue weighted by Gasteiger charge is -2.38. The van der Waals surface area contributed by atoms with E-state index in [2.05, 4.69) is 71.6 Å². The minimum absolute atomic E-state index is 0.570. The number of benzene rings is 2. The Balaban J connectivity index is 1.54. The fourth-order valence-corrected chi connectivity index (χ4v) is 4.38. The van der Waals surface area contributed by atoms with Crippen LogP contribution in [-0.4, -0.2) is 33.6 Å². The normalized spacial score (nSPS) is 17.9. The Morgan fingerprint density at radius 1 is 1.03 bits per heavy atom. The molecule has 0 spiro atoms. The molecule has 34 heavy (non-hydrogen) atoms. The van der Waals surface area contributed by atoms with Crippen molar-refractivity contribution in [3.63, 3.8) is 0 Å². The van der Waals surface area contributed by atoms with Crippen LogP contribution in [0.5, 0.6) is 0 Å². The molecular formula is C30H31N3O. The highest BCUT2D eigenvalue weighted by Gasteiger charge is 2.28. The lowest BCUT2D eigenvalue weighted by molar-refractivity contribution is 0.00795. The number of nitrogens with zero attached hydrogens (tertiary/aromatic N) is 3. The second-order valence-corrected chi connectivity index (χ2v) is 9.15. The van der Waals surface area contributed by atoms with Gasteiger partial charge in [0.1, 0.15) is 0 Å². The highest BCUT2D eigenvalue weighted by Crippen LogP contribution is 2.32. The Labute approximate surface area is 202 Å². The van der Waals surface area contributed by atoms with Crippen molar-refractivity contribution >= 4 is 17.0 Å². The van der Waals surface area contributed by atoms with E-state index in [4.69, 9.17) is 5.26 Å². The molecule has 172 valence electrons. The van der Waals surface area contributed by atoms with E-state index in [0.29, 0.717) is 5.56 Å². The number of allylic oxidation sites excluding steroid dienone is 4. The van der Waals surface area contributed by atoms with Gasteiger partial charge in [-0.3, -0.25) is 0 Å². The van der Waals surface area contributed by atoms with Gasteiger partial charge >= 0.3 is 0 Å². The zero-order valence-electron chi connectivity index (χ0n) is 20.0. The van der Waals surface area contributed by atoms with Gasteiger partial charge in [-0.25, -0.2) is 0 Å². The highest BCUT2D eigenvalue weighted by molar-refractivity contribution is 5.80. The zero-order chi connectivity index (χ0) is 24.3. The van der Waals surface area contributed by atoms with Gasteiger partial charge in [0.2, 0.25) is 0 Å². The lowest BCUT2D eigenvalue weighted by Crippen LogP contribution is -2.41. The number of aliphatic hydroxyl groups is 1. The van der Waals surface area contributed by atoms with Gasteiger partial charge in [-0.05, 0) is 67.2 Å². The van der Waals surface area contributed by atoms with Crippen molar-refractivity contribution in [2.75, 3.05) is 13.1 Å². The smallest absolute Gasteiger partial charge is 0.0991 e. The summed E-state index contributed by atoms with van der Waals surface area (Å²) in [6, 6.07) is 18.3. The molecule has 2 aliphatic heterocycles. The van der Waals surface area contributed by atoms with Crippen LogP contribution in [0.1, 0.15) is 48.9 Å². The molecule has 0 unspecified atom stereocenters. The van der Waals surface area contributed by atoms with Gasteiger partial charge in [-0.15, -0.1) is 0 Å². The molecule has 4 rings (SSSR count). The van der Waals surface area contributed by atoms with Crippen LogP contribution >= 0.6 is 0 Å². The minimum atomic E-state index is -0.570. The Hall–Kier alpha value is -3.81. The number of hydrogen-bond acceptors (Lipinski definition) is 4. The Kier molecular flexibility index (Phi) is 6.58. The predicted molar refractivity (Wildman–Crippen MR) is 140 cm³/mol.